The van der Waals surface area contributed by atoms with Gasteiger partial charge in [0, 0.05) is 123 Å². The van der Waals surface area contributed by atoms with Crippen LogP contribution in [0.3, 0.4) is 0 Å². The SMILES string of the molecule is COc1cc(-c2cn(C3CCC(N4CCN(C)CC4)CC3)c3ncnc(N)c23)ccc1NC(=O)c1ccc(C#N)cc1.COc1cc(-c2cn(C3CCC(N4CCN(C)CC4)CC3)c3ncnc(N)c23)ccc1NC(=O)c1cccc([N+](=O)[O-])c1. The van der Waals surface area contributed by atoms with Gasteiger partial charge >= 0.3 is 0 Å². The van der Waals surface area contributed by atoms with Gasteiger partial charge in [-0.15, -0.1) is 0 Å². The lowest BCUT2D eigenvalue weighted by atomic mass is 9.89. The number of methoxy groups -OCH3 is 2. The molecule has 22 nitrogen and oxygen atoms in total. The number of anilines is 4. The Balaban J connectivity index is 0.000000177. The van der Waals surface area contributed by atoms with Gasteiger partial charge in [0.2, 0.25) is 0 Å². The first kappa shape index (κ1) is 57.8. The zero-order chi connectivity index (χ0) is 59.3. The van der Waals surface area contributed by atoms with Crippen LogP contribution in [0.15, 0.2) is 110 Å². The van der Waals surface area contributed by atoms with Crippen molar-refractivity contribution in [2.75, 3.05) is 103 Å². The molecule has 12 rings (SSSR count). The van der Waals surface area contributed by atoms with E-state index in [1.807, 2.05) is 30.3 Å². The molecule has 0 radical (unpaired) electrons. The Kier molecular flexibility index (Phi) is 17.3. The van der Waals surface area contributed by atoms with Crippen LogP contribution >= 0.6 is 0 Å². The minimum Gasteiger partial charge on any atom is -0.495 e. The number of likely N-dealkylation sites (N-methyl/N-ethyl adjacent to an activating group) is 2. The summed E-state index contributed by atoms with van der Waals surface area (Å²) in [6, 6.07) is 27.3. The third kappa shape index (κ3) is 12.5. The van der Waals surface area contributed by atoms with E-state index in [9.17, 15) is 19.7 Å². The third-order valence-electron chi connectivity index (χ3n) is 17.6. The maximum atomic E-state index is 12.9. The van der Waals surface area contributed by atoms with Gasteiger partial charge in [-0.1, -0.05) is 18.2 Å². The normalized spacial score (nSPS) is 19.8. The van der Waals surface area contributed by atoms with E-state index < -0.39 is 10.8 Å². The summed E-state index contributed by atoms with van der Waals surface area (Å²) in [6.45, 7) is 9.11. The van der Waals surface area contributed by atoms with Gasteiger partial charge in [-0.05, 0) is 131 Å². The summed E-state index contributed by atoms with van der Waals surface area (Å²) < 4.78 is 15.9. The Bertz CT molecular complexity index is 3770. The summed E-state index contributed by atoms with van der Waals surface area (Å²) in [5, 5.41) is 27.5. The molecule has 0 unspecified atom stereocenters. The predicted molar refractivity (Wildman–Crippen MR) is 329 cm³/mol. The number of nitrogen functional groups attached to an aromatic ring is 2. The lowest BCUT2D eigenvalue weighted by Gasteiger charge is -2.41. The number of amides is 2. The number of piperazine rings is 2. The van der Waals surface area contributed by atoms with Crippen molar-refractivity contribution in [3.05, 3.63) is 137 Å². The van der Waals surface area contributed by atoms with Gasteiger partial charge in [0.1, 0.15) is 47.1 Å². The van der Waals surface area contributed by atoms with Gasteiger partial charge in [-0.25, -0.2) is 19.9 Å². The van der Waals surface area contributed by atoms with Crippen LogP contribution < -0.4 is 31.6 Å². The van der Waals surface area contributed by atoms with E-state index in [-0.39, 0.29) is 17.2 Å². The molecular weight excluding hydrogens is 1080 g/mol. The molecule has 2 aliphatic heterocycles. The number of hydrogen-bond donors (Lipinski definition) is 4. The first-order chi connectivity index (χ1) is 41.3. The van der Waals surface area contributed by atoms with Gasteiger partial charge in [0.25, 0.3) is 17.5 Å². The van der Waals surface area contributed by atoms with Crippen molar-refractivity contribution >= 4 is 62.6 Å². The third-order valence-corrected chi connectivity index (χ3v) is 17.6. The molecule has 440 valence electrons. The molecular formula is C63H72N16O6. The summed E-state index contributed by atoms with van der Waals surface area (Å²) in [5.41, 5.74) is 20.1. The van der Waals surface area contributed by atoms with Crippen molar-refractivity contribution in [3.63, 3.8) is 0 Å². The Hall–Kier alpha value is -9.01. The van der Waals surface area contributed by atoms with Crippen LogP contribution in [-0.4, -0.2) is 158 Å². The molecule has 0 bridgehead atoms. The van der Waals surface area contributed by atoms with Crippen LogP contribution in [0, 0.1) is 21.4 Å². The van der Waals surface area contributed by atoms with Crippen LogP contribution in [0.2, 0.25) is 0 Å². The fourth-order valence-electron chi connectivity index (χ4n) is 12.8. The first-order valence-corrected chi connectivity index (χ1v) is 29.1. The number of nitrogens with zero attached hydrogens (tertiary/aromatic N) is 12. The molecule has 2 aliphatic carbocycles. The van der Waals surface area contributed by atoms with Crippen LogP contribution in [0.1, 0.15) is 89.7 Å². The number of benzene rings is 4. The Labute approximate surface area is 493 Å². The number of nitro groups is 1. The number of nitro benzene ring substituents is 1. The molecule has 6 N–H and O–H groups in total. The number of nitrogens with two attached hydrogens (primary N) is 2. The molecule has 8 aromatic rings. The van der Waals surface area contributed by atoms with Crippen molar-refractivity contribution in [3.8, 4) is 39.8 Å². The van der Waals surface area contributed by atoms with Gasteiger partial charge < -0.3 is 50.5 Å². The van der Waals surface area contributed by atoms with Crippen LogP contribution in [0.25, 0.3) is 44.3 Å². The number of non-ortho nitro benzene ring substituents is 1. The Morgan fingerprint density at radius 3 is 1.45 bits per heavy atom. The number of carbonyl (C=O) groups excluding carboxylic acids is 2. The number of nitriles is 1. The minimum atomic E-state index is -0.531. The molecule has 4 aliphatic rings. The summed E-state index contributed by atoms with van der Waals surface area (Å²) in [4.78, 5) is 64.5. The zero-order valence-electron chi connectivity index (χ0n) is 48.5. The van der Waals surface area contributed by atoms with E-state index in [4.69, 9.17) is 26.2 Å². The van der Waals surface area contributed by atoms with Crippen LogP contribution in [0.4, 0.5) is 28.7 Å². The highest BCUT2D eigenvalue weighted by Crippen LogP contribution is 2.43. The van der Waals surface area contributed by atoms with Crippen LogP contribution in [-0.2, 0) is 0 Å². The van der Waals surface area contributed by atoms with Crippen molar-refractivity contribution in [1.82, 2.24) is 48.7 Å². The van der Waals surface area contributed by atoms with Gasteiger partial charge in [0.15, 0.2) is 0 Å². The largest absolute Gasteiger partial charge is 0.495 e. The van der Waals surface area contributed by atoms with E-state index in [1.165, 1.54) is 56.9 Å². The monoisotopic (exact) mass is 1150 g/mol. The van der Waals surface area contributed by atoms with E-state index in [1.54, 1.807) is 37.4 Å². The smallest absolute Gasteiger partial charge is 0.270 e. The molecule has 4 aromatic heterocycles. The Morgan fingerprint density at radius 1 is 0.588 bits per heavy atom. The standard InChI is InChI=1S/C32H36N8O2.C31H36N8O4/c1-38-13-15-39(16-14-38)24-8-10-25(11-9-24)40-19-26(29-30(34)35-20-36-31(29)40)23-7-12-27(28(17-23)42-2)37-32(41)22-5-3-21(18-33)4-6-22;1-36-12-14-37(15-13-36)22-7-9-23(10-8-22)38-18-25(28-29(32)33-19-34-30(28)38)20-6-11-26(27(17-20)43-2)35-31(40)21-4-3-5-24(16-21)39(41)42/h3-7,12,17,19-20,24-25H,8-11,13-16H2,1-2H3,(H,37,41)(H2,34,35,36);3-6,11,16-19,22-23H,7-10,12-15H2,1-2H3,(H,35,40)(H2,32,33,34). The molecule has 2 saturated carbocycles. The average Bonchev–Trinajstić information content (AvgIpc) is 2.03. The lowest BCUT2D eigenvalue weighted by molar-refractivity contribution is -0.384. The molecule has 2 amide bonds. The van der Waals surface area contributed by atoms with Gasteiger partial charge in [-0.3, -0.25) is 29.5 Å². The number of hydrogen-bond acceptors (Lipinski definition) is 17. The summed E-state index contributed by atoms with van der Waals surface area (Å²) >= 11 is 0. The van der Waals surface area contributed by atoms with Crippen molar-refractivity contribution in [2.45, 2.75) is 75.5 Å². The second-order valence-corrected chi connectivity index (χ2v) is 22.7. The molecule has 6 heterocycles. The highest BCUT2D eigenvalue weighted by atomic mass is 16.6. The number of fused-ring (bicyclic) bond motifs is 2. The maximum Gasteiger partial charge on any atom is 0.270 e. The first-order valence-electron chi connectivity index (χ1n) is 29.1. The summed E-state index contributed by atoms with van der Waals surface area (Å²) in [7, 11) is 7.50. The fourth-order valence-corrected chi connectivity index (χ4v) is 12.8. The van der Waals surface area contributed by atoms with E-state index in [0.717, 1.165) is 135 Å². The van der Waals surface area contributed by atoms with Gasteiger partial charge in [0.05, 0.1) is 52.9 Å². The quantitative estimate of drug-likeness (QED) is 0.0619. The van der Waals surface area contributed by atoms with Crippen LogP contribution in [0.5, 0.6) is 11.5 Å². The number of ether oxygens (including phenoxy) is 2. The summed E-state index contributed by atoms with van der Waals surface area (Å²) in [6.07, 6.45) is 16.3. The van der Waals surface area contributed by atoms with Crippen molar-refractivity contribution in [2.24, 2.45) is 0 Å². The predicted octanol–water partition coefficient (Wildman–Crippen LogP) is 9.12. The van der Waals surface area contributed by atoms with E-state index in [0.29, 0.717) is 69.8 Å². The fraction of sp³-hybridized carbons (Fsp3) is 0.381. The Morgan fingerprint density at radius 2 is 1.02 bits per heavy atom. The minimum absolute atomic E-state index is 0.154. The number of nitrogens with one attached hydrogen (secondary N) is 2. The summed E-state index contributed by atoms with van der Waals surface area (Å²) in [5.74, 6) is 1.06. The van der Waals surface area contributed by atoms with Crippen molar-refractivity contribution < 1.29 is 24.0 Å². The molecule has 0 spiro atoms. The molecule has 2 saturated heterocycles. The second kappa shape index (κ2) is 25.5. The zero-order valence-corrected chi connectivity index (χ0v) is 48.5. The molecule has 22 heteroatoms. The molecule has 4 aromatic carbocycles. The lowest BCUT2D eigenvalue weighted by Crippen LogP contribution is -2.49. The van der Waals surface area contributed by atoms with E-state index >= 15 is 0 Å². The number of rotatable bonds is 13. The molecule has 85 heavy (non-hydrogen) atoms. The maximum absolute atomic E-state index is 12.9. The highest BCUT2D eigenvalue weighted by Gasteiger charge is 2.32. The van der Waals surface area contributed by atoms with Crippen molar-refractivity contribution in [1.29, 1.82) is 5.26 Å². The van der Waals surface area contributed by atoms with Gasteiger partial charge in [-0.2, -0.15) is 5.26 Å². The molecule has 0 atom stereocenters. The topological polar surface area (TPSA) is 270 Å². The number of carbonyl (C=O) groups is 2. The number of aromatic nitrogens is 6. The highest BCUT2D eigenvalue weighted by molar-refractivity contribution is 6.07. The average molecular weight is 1150 g/mol. The van der Waals surface area contributed by atoms with E-state index in [2.05, 4.69) is 91.9 Å². The second-order valence-electron chi connectivity index (χ2n) is 22.7. The molecule has 4 fully saturated rings.